The van der Waals surface area contributed by atoms with Gasteiger partial charge in [0.1, 0.15) is 6.04 Å². The molecule has 0 saturated carbocycles. The fourth-order valence-electron chi connectivity index (χ4n) is 1.63. The summed E-state index contributed by atoms with van der Waals surface area (Å²) in [5.74, 6) is 1.23. The van der Waals surface area contributed by atoms with Gasteiger partial charge in [0, 0.05) is 22.6 Å². The number of rotatable bonds is 7. The molecule has 0 heterocycles. The van der Waals surface area contributed by atoms with Crippen LogP contribution in [0.2, 0.25) is 5.02 Å². The second kappa shape index (κ2) is 8.46. The summed E-state index contributed by atoms with van der Waals surface area (Å²) in [5, 5.41) is 3.97. The average molecular weight is 302 g/mol. The van der Waals surface area contributed by atoms with Gasteiger partial charge in [-0.2, -0.15) is 11.8 Å². The number of hydrogen-bond donors (Lipinski definition) is 1. The summed E-state index contributed by atoms with van der Waals surface area (Å²) in [6.45, 7) is 4.02. The molecule has 0 spiro atoms. The molecule has 0 saturated heterocycles. The largest absolute Gasteiger partial charge is 0.468 e. The number of carbonyl (C=O) groups is 1. The predicted molar refractivity (Wildman–Crippen MR) is 81.7 cm³/mol. The van der Waals surface area contributed by atoms with Crippen molar-refractivity contribution < 1.29 is 9.53 Å². The smallest absolute Gasteiger partial charge is 0.323 e. The standard InChI is InChI=1S/C14H20ClNO2S/c1-10(2)16-13(14(17)18-3)9-19-8-11-6-4-5-7-12(11)15/h4-7,10,13,16H,8-9H2,1-3H3. The van der Waals surface area contributed by atoms with Gasteiger partial charge in [0.2, 0.25) is 0 Å². The normalized spacial score (nSPS) is 12.5. The van der Waals surface area contributed by atoms with E-state index in [1.54, 1.807) is 11.8 Å². The quantitative estimate of drug-likeness (QED) is 0.785. The van der Waals surface area contributed by atoms with E-state index >= 15 is 0 Å². The van der Waals surface area contributed by atoms with Gasteiger partial charge >= 0.3 is 5.97 Å². The summed E-state index contributed by atoms with van der Waals surface area (Å²) < 4.78 is 4.80. The number of esters is 1. The molecule has 0 aliphatic rings. The van der Waals surface area contributed by atoms with Crippen molar-refractivity contribution in [2.45, 2.75) is 31.7 Å². The Balaban J connectivity index is 2.48. The van der Waals surface area contributed by atoms with E-state index in [1.807, 2.05) is 38.1 Å². The minimum atomic E-state index is -0.280. The predicted octanol–water partition coefficient (Wildman–Crippen LogP) is 3.11. The van der Waals surface area contributed by atoms with Crippen LogP contribution >= 0.6 is 23.4 Å². The highest BCUT2D eigenvalue weighted by Gasteiger charge is 2.19. The van der Waals surface area contributed by atoms with Crippen molar-refractivity contribution in [3.8, 4) is 0 Å². The third-order valence-corrected chi connectivity index (χ3v) is 3.97. The summed E-state index contributed by atoms with van der Waals surface area (Å²) in [5.41, 5.74) is 1.09. The van der Waals surface area contributed by atoms with Gasteiger partial charge in [-0.15, -0.1) is 0 Å². The van der Waals surface area contributed by atoms with E-state index in [9.17, 15) is 4.79 Å². The van der Waals surface area contributed by atoms with Gasteiger partial charge in [0.25, 0.3) is 0 Å². The van der Waals surface area contributed by atoms with Gasteiger partial charge in [-0.25, -0.2) is 0 Å². The molecule has 1 unspecified atom stereocenters. The topological polar surface area (TPSA) is 38.3 Å². The minimum absolute atomic E-state index is 0.222. The highest BCUT2D eigenvalue weighted by molar-refractivity contribution is 7.98. The van der Waals surface area contributed by atoms with Gasteiger partial charge in [0.15, 0.2) is 0 Å². The molecule has 0 bridgehead atoms. The van der Waals surface area contributed by atoms with Crippen LogP contribution in [-0.2, 0) is 15.3 Å². The molecule has 5 heteroatoms. The second-order valence-corrected chi connectivity index (χ2v) is 5.94. The summed E-state index contributed by atoms with van der Waals surface area (Å²) in [4.78, 5) is 11.6. The first-order valence-corrected chi connectivity index (χ1v) is 7.73. The minimum Gasteiger partial charge on any atom is -0.468 e. The van der Waals surface area contributed by atoms with Gasteiger partial charge in [-0.3, -0.25) is 4.79 Å². The Bertz CT molecular complexity index is 412. The van der Waals surface area contributed by atoms with E-state index in [0.29, 0.717) is 5.75 Å². The Morgan fingerprint density at radius 1 is 1.42 bits per heavy atom. The Morgan fingerprint density at radius 3 is 2.68 bits per heavy atom. The first-order chi connectivity index (χ1) is 9.04. The Hall–Kier alpha value is -0.710. The average Bonchev–Trinajstić information content (AvgIpc) is 2.38. The van der Waals surface area contributed by atoms with Gasteiger partial charge < -0.3 is 10.1 Å². The van der Waals surface area contributed by atoms with E-state index < -0.39 is 0 Å². The van der Waals surface area contributed by atoms with Crippen LogP contribution in [0.25, 0.3) is 0 Å². The van der Waals surface area contributed by atoms with Crippen molar-refractivity contribution in [2.24, 2.45) is 0 Å². The van der Waals surface area contributed by atoms with Crippen molar-refractivity contribution in [3.05, 3.63) is 34.9 Å². The SMILES string of the molecule is COC(=O)C(CSCc1ccccc1Cl)NC(C)C. The molecule has 0 aromatic heterocycles. The van der Waals surface area contributed by atoms with Crippen LogP contribution in [0, 0.1) is 0 Å². The molecule has 3 nitrogen and oxygen atoms in total. The van der Waals surface area contributed by atoms with E-state index in [2.05, 4.69) is 5.32 Å². The van der Waals surface area contributed by atoms with Crippen LogP contribution in [0.3, 0.4) is 0 Å². The second-order valence-electron chi connectivity index (χ2n) is 4.50. The molecule has 0 aliphatic carbocycles. The molecule has 19 heavy (non-hydrogen) atoms. The third-order valence-electron chi connectivity index (χ3n) is 2.52. The molecule has 0 amide bonds. The number of hydrogen-bond acceptors (Lipinski definition) is 4. The van der Waals surface area contributed by atoms with Crippen molar-refractivity contribution in [1.82, 2.24) is 5.32 Å². The monoisotopic (exact) mass is 301 g/mol. The number of nitrogens with one attached hydrogen (secondary N) is 1. The lowest BCUT2D eigenvalue weighted by atomic mass is 10.2. The maximum absolute atomic E-state index is 11.6. The van der Waals surface area contributed by atoms with Gasteiger partial charge in [0.05, 0.1) is 7.11 Å². The molecule has 1 N–H and O–H groups in total. The molecule has 1 atom stereocenters. The number of carbonyl (C=O) groups excluding carboxylic acids is 1. The fourth-order valence-corrected chi connectivity index (χ4v) is 2.97. The van der Waals surface area contributed by atoms with Crippen LogP contribution in [0.4, 0.5) is 0 Å². The summed E-state index contributed by atoms with van der Waals surface area (Å²) in [6.07, 6.45) is 0. The molecule has 0 fully saturated rings. The van der Waals surface area contributed by atoms with Crippen LogP contribution in [0.15, 0.2) is 24.3 Å². The van der Waals surface area contributed by atoms with E-state index in [-0.39, 0.29) is 18.1 Å². The lowest BCUT2D eigenvalue weighted by Crippen LogP contribution is -2.43. The molecule has 0 radical (unpaired) electrons. The zero-order valence-corrected chi connectivity index (χ0v) is 13.1. The molecule has 1 aromatic rings. The van der Waals surface area contributed by atoms with Gasteiger partial charge in [-0.1, -0.05) is 43.6 Å². The summed E-state index contributed by atoms with van der Waals surface area (Å²) >= 11 is 7.76. The van der Waals surface area contributed by atoms with Crippen molar-refractivity contribution in [2.75, 3.05) is 12.9 Å². The maximum atomic E-state index is 11.6. The number of methoxy groups -OCH3 is 1. The zero-order valence-electron chi connectivity index (χ0n) is 11.5. The molecule has 0 aliphatic heterocycles. The first kappa shape index (κ1) is 16.3. The number of halogens is 1. The Kier molecular flexibility index (Phi) is 7.28. The number of thioether (sulfide) groups is 1. The zero-order chi connectivity index (χ0) is 14.3. The lowest BCUT2D eigenvalue weighted by Gasteiger charge is -2.18. The van der Waals surface area contributed by atoms with Crippen molar-refractivity contribution in [1.29, 1.82) is 0 Å². The Labute approximate surface area is 124 Å². The number of benzene rings is 1. The highest BCUT2D eigenvalue weighted by Crippen LogP contribution is 2.21. The van der Waals surface area contributed by atoms with E-state index in [4.69, 9.17) is 16.3 Å². The molecular weight excluding hydrogens is 282 g/mol. The van der Waals surface area contributed by atoms with E-state index in [1.165, 1.54) is 7.11 Å². The first-order valence-electron chi connectivity index (χ1n) is 6.19. The van der Waals surface area contributed by atoms with Crippen LogP contribution in [0.5, 0.6) is 0 Å². The third kappa shape index (κ3) is 5.85. The highest BCUT2D eigenvalue weighted by atomic mass is 35.5. The summed E-state index contributed by atoms with van der Waals surface area (Å²) in [7, 11) is 1.41. The molecule has 106 valence electrons. The molecular formula is C14H20ClNO2S. The van der Waals surface area contributed by atoms with Crippen LogP contribution < -0.4 is 5.32 Å². The Morgan fingerprint density at radius 2 is 2.11 bits per heavy atom. The lowest BCUT2D eigenvalue weighted by molar-refractivity contribution is -0.142. The van der Waals surface area contributed by atoms with E-state index in [0.717, 1.165) is 16.3 Å². The van der Waals surface area contributed by atoms with Crippen LogP contribution in [-0.4, -0.2) is 30.9 Å². The fraction of sp³-hybridized carbons (Fsp3) is 0.500. The maximum Gasteiger partial charge on any atom is 0.323 e. The van der Waals surface area contributed by atoms with Gasteiger partial charge in [-0.05, 0) is 11.6 Å². The summed E-state index contributed by atoms with van der Waals surface area (Å²) in [6, 6.07) is 7.71. The van der Waals surface area contributed by atoms with Crippen molar-refractivity contribution >= 4 is 29.3 Å². The van der Waals surface area contributed by atoms with Crippen molar-refractivity contribution in [3.63, 3.8) is 0 Å². The number of ether oxygens (including phenoxy) is 1. The molecule has 1 rings (SSSR count). The molecule has 1 aromatic carbocycles. The van der Waals surface area contributed by atoms with Crippen LogP contribution in [0.1, 0.15) is 19.4 Å².